The highest BCUT2D eigenvalue weighted by molar-refractivity contribution is 5.83. The second-order valence-corrected chi connectivity index (χ2v) is 7.54. The number of hydrogen-bond donors (Lipinski definition) is 0. The molecule has 144 valence electrons. The van der Waals surface area contributed by atoms with E-state index in [4.69, 9.17) is 4.74 Å². The van der Waals surface area contributed by atoms with Crippen molar-refractivity contribution in [1.82, 2.24) is 24.6 Å². The van der Waals surface area contributed by atoms with Crippen LogP contribution in [-0.4, -0.2) is 50.3 Å². The maximum atomic E-state index is 13.1. The topological polar surface area (TPSA) is 73.1 Å². The van der Waals surface area contributed by atoms with E-state index in [1.54, 1.807) is 17.1 Å². The summed E-state index contributed by atoms with van der Waals surface area (Å²) in [4.78, 5) is 23.9. The molecule has 3 aromatic rings. The van der Waals surface area contributed by atoms with Gasteiger partial charge in [0.1, 0.15) is 5.52 Å². The molecule has 1 aromatic carbocycles. The van der Waals surface area contributed by atoms with Crippen LogP contribution in [0.1, 0.15) is 41.7 Å². The van der Waals surface area contributed by atoms with E-state index >= 15 is 0 Å². The van der Waals surface area contributed by atoms with Gasteiger partial charge < -0.3 is 9.64 Å². The van der Waals surface area contributed by atoms with Gasteiger partial charge in [0.05, 0.1) is 12.3 Å². The Bertz CT molecular complexity index is 1020. The molecule has 1 amide bonds. The Kier molecular flexibility index (Phi) is 4.31. The van der Waals surface area contributed by atoms with Gasteiger partial charge in [0.25, 0.3) is 5.91 Å². The van der Waals surface area contributed by atoms with E-state index in [0.29, 0.717) is 25.6 Å². The van der Waals surface area contributed by atoms with E-state index in [0.717, 1.165) is 41.7 Å². The number of ether oxygens (including phenoxy) is 1. The van der Waals surface area contributed by atoms with E-state index in [1.807, 2.05) is 30.1 Å². The van der Waals surface area contributed by atoms with Crippen molar-refractivity contribution in [2.75, 3.05) is 19.7 Å². The molecule has 0 bridgehead atoms. The molecule has 2 aliphatic heterocycles. The van der Waals surface area contributed by atoms with Crippen molar-refractivity contribution in [1.29, 1.82) is 0 Å². The molecule has 0 spiro atoms. The fourth-order valence-corrected chi connectivity index (χ4v) is 4.42. The number of aromatic nitrogens is 4. The quantitative estimate of drug-likeness (QED) is 0.686. The first-order valence-electron chi connectivity index (χ1n) is 9.84. The largest absolute Gasteiger partial charge is 0.363 e. The number of fused-ring (bicyclic) bond motifs is 2. The zero-order chi connectivity index (χ0) is 19.1. The summed E-state index contributed by atoms with van der Waals surface area (Å²) in [6.07, 6.45) is 5.56. The van der Waals surface area contributed by atoms with Gasteiger partial charge in [-0.3, -0.25) is 4.79 Å². The minimum Gasteiger partial charge on any atom is -0.363 e. The van der Waals surface area contributed by atoms with Gasteiger partial charge in [0, 0.05) is 38.4 Å². The number of benzene rings is 1. The molecule has 7 nitrogen and oxygen atoms in total. The van der Waals surface area contributed by atoms with Crippen LogP contribution in [0.15, 0.2) is 36.7 Å². The summed E-state index contributed by atoms with van der Waals surface area (Å²) < 4.78 is 7.66. The molecule has 2 aromatic heterocycles. The molecule has 7 heteroatoms. The molecule has 0 aliphatic carbocycles. The van der Waals surface area contributed by atoms with Crippen LogP contribution in [0.5, 0.6) is 0 Å². The van der Waals surface area contributed by atoms with Crippen LogP contribution >= 0.6 is 0 Å². The molecular formula is C21H23N5O2. The number of aryl methyl sites for hydroxylation is 1. The third-order valence-electron chi connectivity index (χ3n) is 5.90. The van der Waals surface area contributed by atoms with Gasteiger partial charge in [-0.05, 0) is 30.4 Å². The predicted molar refractivity (Wildman–Crippen MR) is 104 cm³/mol. The molecule has 0 N–H and O–H groups in total. The Hall–Kier alpha value is -2.80. The molecular weight excluding hydrogens is 354 g/mol. The second kappa shape index (κ2) is 6.98. The summed E-state index contributed by atoms with van der Waals surface area (Å²) in [5.41, 5.74) is 4.92. The standard InChI is InChI=1S/C21H23N5O2/c1-25-20-18(22-9-10-23-20)17(24-25)15-6-11-26(12-7-15)21(27)19-16-5-3-2-4-14(16)8-13-28-19/h2-5,9-10,15,19H,6-8,11-13H2,1H3/t19-/m0/s1. The Labute approximate surface area is 163 Å². The van der Waals surface area contributed by atoms with Crippen molar-refractivity contribution in [3.63, 3.8) is 0 Å². The zero-order valence-corrected chi connectivity index (χ0v) is 15.9. The molecule has 28 heavy (non-hydrogen) atoms. The summed E-state index contributed by atoms with van der Waals surface area (Å²) >= 11 is 0. The lowest BCUT2D eigenvalue weighted by atomic mass is 9.91. The number of nitrogens with zero attached hydrogens (tertiary/aromatic N) is 5. The van der Waals surface area contributed by atoms with Crippen LogP contribution in [0.4, 0.5) is 0 Å². The van der Waals surface area contributed by atoms with Crippen LogP contribution in [0.2, 0.25) is 0 Å². The van der Waals surface area contributed by atoms with Crippen molar-refractivity contribution in [2.24, 2.45) is 7.05 Å². The van der Waals surface area contributed by atoms with Crippen molar-refractivity contribution in [2.45, 2.75) is 31.3 Å². The van der Waals surface area contributed by atoms with Gasteiger partial charge in [-0.15, -0.1) is 0 Å². The van der Waals surface area contributed by atoms with Gasteiger partial charge in [-0.2, -0.15) is 5.10 Å². The van der Waals surface area contributed by atoms with E-state index < -0.39 is 6.10 Å². The Balaban J connectivity index is 1.32. The number of likely N-dealkylation sites (tertiary alicyclic amines) is 1. The lowest BCUT2D eigenvalue weighted by Crippen LogP contribution is -2.42. The van der Waals surface area contributed by atoms with Crippen LogP contribution in [-0.2, 0) is 23.0 Å². The number of amides is 1. The average molecular weight is 377 g/mol. The second-order valence-electron chi connectivity index (χ2n) is 7.54. The number of carbonyl (C=O) groups is 1. The molecule has 1 fully saturated rings. The van der Waals surface area contributed by atoms with Crippen molar-refractivity contribution in [3.8, 4) is 0 Å². The average Bonchev–Trinajstić information content (AvgIpc) is 3.10. The molecule has 4 heterocycles. The normalized spacial score (nSPS) is 20.3. The highest BCUT2D eigenvalue weighted by Crippen LogP contribution is 2.33. The fourth-order valence-electron chi connectivity index (χ4n) is 4.42. The van der Waals surface area contributed by atoms with Crippen LogP contribution in [0.25, 0.3) is 11.2 Å². The molecule has 0 radical (unpaired) electrons. The van der Waals surface area contributed by atoms with Gasteiger partial charge in [0.15, 0.2) is 11.8 Å². The first-order valence-corrected chi connectivity index (χ1v) is 9.84. The highest BCUT2D eigenvalue weighted by Gasteiger charge is 2.34. The van der Waals surface area contributed by atoms with Crippen LogP contribution in [0, 0.1) is 0 Å². The van der Waals surface area contributed by atoms with Crippen LogP contribution < -0.4 is 0 Å². The first-order chi connectivity index (χ1) is 13.7. The lowest BCUT2D eigenvalue weighted by molar-refractivity contribution is -0.146. The Morgan fingerprint density at radius 2 is 1.93 bits per heavy atom. The molecule has 0 saturated carbocycles. The van der Waals surface area contributed by atoms with Gasteiger partial charge in [-0.1, -0.05) is 24.3 Å². The summed E-state index contributed by atoms with van der Waals surface area (Å²) in [6, 6.07) is 8.12. The van der Waals surface area contributed by atoms with Crippen molar-refractivity contribution >= 4 is 17.1 Å². The van der Waals surface area contributed by atoms with Gasteiger partial charge >= 0.3 is 0 Å². The number of carbonyl (C=O) groups excluding carboxylic acids is 1. The molecule has 1 saturated heterocycles. The van der Waals surface area contributed by atoms with Gasteiger partial charge in [0.2, 0.25) is 0 Å². The Morgan fingerprint density at radius 3 is 2.79 bits per heavy atom. The smallest absolute Gasteiger partial charge is 0.256 e. The SMILES string of the molecule is Cn1nc(C2CCN(C(=O)[C@H]3OCCc4ccccc43)CC2)c2nccnc21. The monoisotopic (exact) mass is 377 g/mol. The highest BCUT2D eigenvalue weighted by atomic mass is 16.5. The zero-order valence-electron chi connectivity index (χ0n) is 15.9. The van der Waals surface area contributed by atoms with E-state index in [1.165, 1.54) is 5.56 Å². The molecule has 2 aliphatic rings. The minimum atomic E-state index is -0.469. The fraction of sp³-hybridized carbons (Fsp3) is 0.429. The number of piperidine rings is 1. The molecule has 1 atom stereocenters. The van der Waals surface area contributed by atoms with Crippen molar-refractivity contribution in [3.05, 3.63) is 53.5 Å². The van der Waals surface area contributed by atoms with Crippen LogP contribution in [0.3, 0.4) is 0 Å². The van der Waals surface area contributed by atoms with E-state index in [2.05, 4.69) is 21.1 Å². The molecule has 0 unspecified atom stereocenters. The number of rotatable bonds is 2. The lowest BCUT2D eigenvalue weighted by Gasteiger charge is -2.35. The van der Waals surface area contributed by atoms with Crippen molar-refractivity contribution < 1.29 is 9.53 Å². The summed E-state index contributed by atoms with van der Waals surface area (Å²) in [6.45, 7) is 2.02. The first kappa shape index (κ1) is 17.3. The Morgan fingerprint density at radius 1 is 1.14 bits per heavy atom. The predicted octanol–water partition coefficient (Wildman–Crippen LogP) is 2.38. The van der Waals surface area contributed by atoms with Gasteiger partial charge in [-0.25, -0.2) is 14.6 Å². The summed E-state index contributed by atoms with van der Waals surface area (Å²) in [7, 11) is 1.90. The summed E-state index contributed by atoms with van der Waals surface area (Å²) in [5, 5.41) is 4.67. The minimum absolute atomic E-state index is 0.0799. The van der Waals surface area contributed by atoms with E-state index in [-0.39, 0.29) is 5.91 Å². The third-order valence-corrected chi connectivity index (χ3v) is 5.90. The maximum absolute atomic E-state index is 13.1. The summed E-state index contributed by atoms with van der Waals surface area (Å²) in [5.74, 6) is 0.375. The third kappa shape index (κ3) is 2.86. The molecule has 5 rings (SSSR count). The van der Waals surface area contributed by atoms with E-state index in [9.17, 15) is 4.79 Å². The number of hydrogen-bond acceptors (Lipinski definition) is 5. The maximum Gasteiger partial charge on any atom is 0.256 e.